The average molecular weight is 463 g/mol. The van der Waals surface area contributed by atoms with Gasteiger partial charge in [0.05, 0.1) is 10.5 Å². The molecule has 1 amide bonds. The Bertz CT molecular complexity index is 999. The summed E-state index contributed by atoms with van der Waals surface area (Å²) in [6.07, 6.45) is 6.80. The second-order valence-electron chi connectivity index (χ2n) is 10.9. The van der Waals surface area contributed by atoms with Gasteiger partial charge in [-0.2, -0.15) is 4.31 Å². The molecule has 4 rings (SSSR count). The summed E-state index contributed by atoms with van der Waals surface area (Å²) in [6.45, 7) is 6.70. The highest BCUT2D eigenvalue weighted by molar-refractivity contribution is 7.89. The Morgan fingerprint density at radius 2 is 1.88 bits per heavy atom. The number of esters is 1. The lowest BCUT2D eigenvalue weighted by Crippen LogP contribution is -2.37. The number of ether oxygens (including phenoxy) is 1. The molecule has 1 aromatic carbocycles. The number of nitrogens with zero attached hydrogens (tertiary/aromatic N) is 1. The highest BCUT2D eigenvalue weighted by Gasteiger charge is 2.53. The molecule has 2 bridgehead atoms. The summed E-state index contributed by atoms with van der Waals surface area (Å²) >= 11 is 0. The third-order valence-corrected chi connectivity index (χ3v) is 8.99. The number of benzene rings is 1. The molecule has 176 valence electrons. The van der Waals surface area contributed by atoms with Crippen LogP contribution in [0.25, 0.3) is 0 Å². The van der Waals surface area contributed by atoms with Gasteiger partial charge in [-0.25, -0.2) is 13.2 Å². The number of rotatable bonds is 6. The first kappa shape index (κ1) is 23.2. The van der Waals surface area contributed by atoms with Crippen molar-refractivity contribution in [3.63, 3.8) is 0 Å². The number of carbonyl (C=O) groups is 2. The summed E-state index contributed by atoms with van der Waals surface area (Å²) in [6, 6.07) is 6.08. The molecule has 0 aromatic heterocycles. The third-order valence-electron chi connectivity index (χ3n) is 7.10. The van der Waals surface area contributed by atoms with E-state index in [1.54, 1.807) is 10.4 Å². The van der Waals surface area contributed by atoms with Gasteiger partial charge >= 0.3 is 5.97 Å². The number of carbonyl (C=O) groups excluding carboxylic acids is 2. The van der Waals surface area contributed by atoms with Gasteiger partial charge in [-0.15, -0.1) is 0 Å². The van der Waals surface area contributed by atoms with Crippen LogP contribution in [0.2, 0.25) is 0 Å². The van der Waals surface area contributed by atoms with Gasteiger partial charge in [-0.3, -0.25) is 4.79 Å². The van der Waals surface area contributed by atoms with Crippen molar-refractivity contribution in [2.24, 2.45) is 10.8 Å². The molecule has 8 heteroatoms. The predicted molar refractivity (Wildman–Crippen MR) is 121 cm³/mol. The van der Waals surface area contributed by atoms with Crippen LogP contribution >= 0.6 is 0 Å². The molecule has 32 heavy (non-hydrogen) atoms. The fraction of sp³-hybridized carbons (Fsp3) is 0.667. The predicted octanol–water partition coefficient (Wildman–Crippen LogP) is 3.49. The first-order valence-electron chi connectivity index (χ1n) is 11.6. The van der Waals surface area contributed by atoms with Gasteiger partial charge in [0.2, 0.25) is 10.0 Å². The molecule has 7 nitrogen and oxygen atoms in total. The SMILES string of the molecule is CC1(C)CC2CC(C)(CN2S(=O)(=O)c2cccc(C(=O)OCC(=O)NC3CCCC3)c2)C1. The van der Waals surface area contributed by atoms with E-state index >= 15 is 0 Å². The Labute approximate surface area is 190 Å². The van der Waals surface area contributed by atoms with Crippen LogP contribution < -0.4 is 5.32 Å². The lowest BCUT2D eigenvalue weighted by molar-refractivity contribution is -0.124. The molecular weight excluding hydrogens is 428 g/mol. The second kappa shape index (κ2) is 8.45. The lowest BCUT2D eigenvalue weighted by atomic mass is 9.65. The minimum Gasteiger partial charge on any atom is -0.452 e. The van der Waals surface area contributed by atoms with Crippen LogP contribution in [0.15, 0.2) is 29.2 Å². The maximum Gasteiger partial charge on any atom is 0.338 e. The van der Waals surface area contributed by atoms with E-state index < -0.39 is 16.0 Å². The van der Waals surface area contributed by atoms with Crippen LogP contribution in [-0.4, -0.2) is 49.8 Å². The summed E-state index contributed by atoms with van der Waals surface area (Å²) in [5, 5.41) is 2.87. The Morgan fingerprint density at radius 1 is 1.16 bits per heavy atom. The molecule has 1 N–H and O–H groups in total. The molecule has 1 aromatic rings. The van der Waals surface area contributed by atoms with E-state index in [0.29, 0.717) is 6.54 Å². The molecule has 0 spiro atoms. The van der Waals surface area contributed by atoms with Gasteiger partial charge in [0.15, 0.2) is 6.61 Å². The Balaban J connectivity index is 1.44. The molecule has 0 radical (unpaired) electrons. The van der Waals surface area contributed by atoms with Crippen LogP contribution in [0.5, 0.6) is 0 Å². The molecule has 2 unspecified atom stereocenters. The Kier molecular flexibility index (Phi) is 6.13. The van der Waals surface area contributed by atoms with E-state index in [1.807, 2.05) is 0 Å². The number of sulfonamides is 1. The van der Waals surface area contributed by atoms with Gasteiger partial charge in [0.1, 0.15) is 0 Å². The first-order valence-corrected chi connectivity index (χ1v) is 13.0. The van der Waals surface area contributed by atoms with Gasteiger partial charge in [0.25, 0.3) is 5.91 Å². The lowest BCUT2D eigenvalue weighted by Gasteiger charge is -2.39. The van der Waals surface area contributed by atoms with Crippen LogP contribution in [0.1, 0.15) is 76.1 Å². The van der Waals surface area contributed by atoms with Crippen molar-refractivity contribution < 1.29 is 22.7 Å². The van der Waals surface area contributed by atoms with E-state index in [-0.39, 0.29) is 45.9 Å². The minimum absolute atomic E-state index is 0.0244. The van der Waals surface area contributed by atoms with Gasteiger partial charge in [0, 0.05) is 18.6 Å². The summed E-state index contributed by atoms with van der Waals surface area (Å²) in [5.41, 5.74) is 0.212. The average Bonchev–Trinajstić information content (AvgIpc) is 3.30. The maximum absolute atomic E-state index is 13.5. The summed E-state index contributed by atoms with van der Waals surface area (Å²) < 4.78 is 33.7. The zero-order valence-electron chi connectivity index (χ0n) is 19.2. The summed E-state index contributed by atoms with van der Waals surface area (Å²) in [4.78, 5) is 24.6. The van der Waals surface area contributed by atoms with Crippen LogP contribution in [-0.2, 0) is 19.6 Å². The van der Waals surface area contributed by atoms with E-state index in [4.69, 9.17) is 4.74 Å². The molecular formula is C24H34N2O5S. The van der Waals surface area contributed by atoms with Crippen molar-refractivity contribution in [3.8, 4) is 0 Å². The van der Waals surface area contributed by atoms with Crippen molar-refractivity contribution >= 4 is 21.9 Å². The van der Waals surface area contributed by atoms with Crippen molar-refractivity contribution in [1.29, 1.82) is 0 Å². The smallest absolute Gasteiger partial charge is 0.338 e. The molecule has 2 atom stereocenters. The van der Waals surface area contributed by atoms with Crippen LogP contribution in [0.3, 0.4) is 0 Å². The second-order valence-corrected chi connectivity index (χ2v) is 12.8. The molecule has 1 heterocycles. The quantitative estimate of drug-likeness (QED) is 0.653. The zero-order valence-corrected chi connectivity index (χ0v) is 20.0. The molecule has 1 saturated heterocycles. The fourth-order valence-electron chi connectivity index (χ4n) is 6.16. The van der Waals surface area contributed by atoms with Crippen molar-refractivity contribution in [2.75, 3.05) is 13.2 Å². The largest absolute Gasteiger partial charge is 0.452 e. The Hall–Kier alpha value is -1.93. The van der Waals surface area contributed by atoms with E-state index in [1.165, 1.54) is 18.2 Å². The normalized spacial score (nSPS) is 27.9. The van der Waals surface area contributed by atoms with Gasteiger partial charge < -0.3 is 10.1 Å². The molecule has 3 fully saturated rings. The monoisotopic (exact) mass is 462 g/mol. The minimum atomic E-state index is -3.74. The topological polar surface area (TPSA) is 92.8 Å². The van der Waals surface area contributed by atoms with E-state index in [2.05, 4.69) is 26.1 Å². The fourth-order valence-corrected chi connectivity index (χ4v) is 7.98. The van der Waals surface area contributed by atoms with Crippen molar-refractivity contribution in [2.45, 2.75) is 82.7 Å². The number of nitrogens with one attached hydrogen (secondary N) is 1. The van der Waals surface area contributed by atoms with E-state index in [9.17, 15) is 18.0 Å². The number of hydrogen-bond acceptors (Lipinski definition) is 5. The molecule has 2 aliphatic carbocycles. The Morgan fingerprint density at radius 3 is 2.59 bits per heavy atom. The van der Waals surface area contributed by atoms with Gasteiger partial charge in [-0.1, -0.05) is 39.7 Å². The highest BCUT2D eigenvalue weighted by atomic mass is 32.2. The molecule has 3 aliphatic rings. The van der Waals surface area contributed by atoms with Crippen molar-refractivity contribution in [1.82, 2.24) is 9.62 Å². The maximum atomic E-state index is 13.5. The summed E-state index contributed by atoms with van der Waals surface area (Å²) in [5.74, 6) is -1.02. The third kappa shape index (κ3) is 4.86. The number of fused-ring (bicyclic) bond motifs is 2. The molecule has 2 saturated carbocycles. The zero-order chi connectivity index (χ0) is 23.1. The standard InChI is InChI=1S/C24H34N2O5S/c1-23(2)12-19-13-24(3,15-23)16-26(19)32(29,30)20-10-6-7-17(11-20)22(28)31-14-21(27)25-18-8-4-5-9-18/h6-7,10-11,18-19H,4-5,8-9,12-16H2,1-3H3,(H,25,27). The van der Waals surface area contributed by atoms with Crippen LogP contribution in [0, 0.1) is 10.8 Å². The first-order chi connectivity index (χ1) is 15.0. The number of hydrogen-bond donors (Lipinski definition) is 1. The van der Waals surface area contributed by atoms with Crippen molar-refractivity contribution in [3.05, 3.63) is 29.8 Å². The summed E-state index contributed by atoms with van der Waals surface area (Å²) in [7, 11) is -3.74. The number of amides is 1. The molecule has 1 aliphatic heterocycles. The van der Waals surface area contributed by atoms with E-state index in [0.717, 1.165) is 44.9 Å². The highest BCUT2D eigenvalue weighted by Crippen LogP contribution is 2.53. The van der Waals surface area contributed by atoms with Gasteiger partial charge in [-0.05, 0) is 61.1 Å². The van der Waals surface area contributed by atoms with Crippen LogP contribution in [0.4, 0.5) is 0 Å².